The molecular formula is C41H82O22P4S. The highest BCUT2D eigenvalue weighted by molar-refractivity contribution is 7.59. The van der Waals surface area contributed by atoms with Crippen molar-refractivity contribution in [2.75, 3.05) is 13.2 Å². The van der Waals surface area contributed by atoms with Crippen LogP contribution in [0.2, 0.25) is 0 Å². The first-order valence-electron chi connectivity index (χ1n) is 20.5. The maximum Gasteiger partial charge on any atom is 0.472 e. The zero-order valence-electron chi connectivity index (χ0n) is 37.0. The standard InChI is InChI=1S/C41H54O22P4.H2S.13H2/c1-3-5-7-9-11-13-15-17-19-21-23-25-27-29-34(42)57-31-33(59-35(43)30-28-26-24-22-20-18-16-14-12-10-8-6-4-2)32-58-67(55,56)63-38-36(44)39(60-64(46,47)48)41(62-66(52,53)54)40(37(38)45)61-65(49,50)51;;;;;;;;;;;;;;/h33,36-41,44-45H,4,6,8,10,12,14,16,18,20,22,24,26,28,30-32H2,1-2H3,(H,55,56)(H2,46,47,48)(H2,49,50,51)(H2,52,53,54);1H2;13*1H/t33-,36+,37?,38?,39+,40-,41?;;;;;;;;;;;;;;/m1............../s1. The molecule has 1 fully saturated rings. The van der Waals surface area contributed by atoms with Crippen LogP contribution in [0.1, 0.15) is 122 Å². The molecule has 27 heteroatoms. The molecule has 1 aliphatic rings. The van der Waals surface area contributed by atoms with Gasteiger partial charge in [-0.1, -0.05) is 89.9 Å². The molecule has 0 aromatic rings. The number of carbonyl (C=O) groups is 2. The van der Waals surface area contributed by atoms with Crippen LogP contribution in [0.25, 0.3) is 0 Å². The summed E-state index contributed by atoms with van der Waals surface area (Å²) in [7, 11) is -23.2. The Morgan fingerprint density at radius 3 is 1.32 bits per heavy atom. The summed E-state index contributed by atoms with van der Waals surface area (Å²) >= 11 is 0. The van der Waals surface area contributed by atoms with E-state index in [1.165, 1.54) is 38.5 Å². The van der Waals surface area contributed by atoms with E-state index >= 15 is 0 Å². The topological polar surface area (TPSA) is 349 Å². The van der Waals surface area contributed by atoms with Crippen LogP contribution in [-0.2, 0) is 59.9 Å². The monoisotopic (exact) mass is 1080 g/mol. The molecule has 1 saturated carbocycles. The van der Waals surface area contributed by atoms with E-state index < -0.39 is 99.2 Å². The second-order valence-corrected chi connectivity index (χ2v) is 19.1. The number of hydrogen-bond donors (Lipinski definition) is 9. The van der Waals surface area contributed by atoms with Gasteiger partial charge in [0.1, 0.15) is 43.2 Å². The molecule has 0 saturated heterocycles. The highest BCUT2D eigenvalue weighted by Crippen LogP contribution is 2.53. The fourth-order valence-corrected chi connectivity index (χ4v) is 8.44. The van der Waals surface area contributed by atoms with Crippen molar-refractivity contribution in [1.29, 1.82) is 0 Å². The average molecular weight is 1080 g/mol. The summed E-state index contributed by atoms with van der Waals surface area (Å²) in [6.45, 7) is 1.80. The molecule has 0 heterocycles. The van der Waals surface area contributed by atoms with Crippen LogP contribution in [-0.4, -0.2) is 112 Å². The summed E-state index contributed by atoms with van der Waals surface area (Å²) in [5, 5.41) is 21.7. The molecule has 0 amide bonds. The number of carbonyl (C=O) groups excluding carboxylic acids is 2. The lowest BCUT2D eigenvalue weighted by Crippen LogP contribution is -2.65. The van der Waals surface area contributed by atoms with Crippen molar-refractivity contribution in [2.45, 2.75) is 146 Å². The first-order valence-corrected chi connectivity index (χ1v) is 26.6. The van der Waals surface area contributed by atoms with Gasteiger partial charge in [-0.2, -0.15) is 13.5 Å². The lowest BCUT2D eigenvalue weighted by molar-refractivity contribution is -0.209. The number of aliphatic hydroxyl groups excluding tert-OH is 2. The number of phosphoric ester groups is 4. The minimum atomic E-state index is -5.82. The summed E-state index contributed by atoms with van der Waals surface area (Å²) in [6.07, 6.45) is -5.05. The fourth-order valence-electron chi connectivity index (χ4n) is 5.79. The highest BCUT2D eigenvalue weighted by Gasteiger charge is 2.59. The van der Waals surface area contributed by atoms with E-state index in [4.69, 9.17) is 18.5 Å². The van der Waals surface area contributed by atoms with Crippen molar-refractivity contribution in [2.24, 2.45) is 0 Å². The van der Waals surface area contributed by atoms with Crippen LogP contribution >= 0.6 is 44.8 Å². The molecule has 0 radical (unpaired) electrons. The van der Waals surface area contributed by atoms with Gasteiger partial charge in [0.15, 0.2) is 6.10 Å². The molecule has 0 spiro atoms. The van der Waals surface area contributed by atoms with Crippen molar-refractivity contribution in [3.63, 3.8) is 0 Å². The van der Waals surface area contributed by atoms with Gasteiger partial charge in [0.25, 0.3) is 0 Å². The quantitative estimate of drug-likeness (QED) is 0.0144. The van der Waals surface area contributed by atoms with E-state index in [-0.39, 0.29) is 38.5 Å². The maximum absolute atomic E-state index is 13.2. The molecular weight excluding hydrogens is 1000 g/mol. The van der Waals surface area contributed by atoms with Crippen LogP contribution in [0.15, 0.2) is 0 Å². The Hall–Kier alpha value is -3.43. The van der Waals surface area contributed by atoms with Crippen LogP contribution in [0, 0.1) is 82.9 Å². The van der Waals surface area contributed by atoms with Crippen molar-refractivity contribution >= 4 is 56.7 Å². The lowest BCUT2D eigenvalue weighted by atomic mass is 9.85. The molecule has 8 atom stereocenters. The third-order valence-electron chi connectivity index (χ3n) is 8.61. The molecule has 404 valence electrons. The summed E-state index contributed by atoms with van der Waals surface area (Å²) in [4.78, 5) is 92.0. The van der Waals surface area contributed by atoms with Gasteiger partial charge in [-0.05, 0) is 84.4 Å². The summed E-state index contributed by atoms with van der Waals surface area (Å²) in [6, 6.07) is 0. The predicted molar refractivity (Wildman–Crippen MR) is 273 cm³/mol. The second-order valence-electron chi connectivity index (χ2n) is 14.1. The number of esters is 2. The first kappa shape index (κ1) is 64.6. The van der Waals surface area contributed by atoms with Crippen molar-refractivity contribution in [3.05, 3.63) is 0 Å². The highest BCUT2D eigenvalue weighted by atomic mass is 32.1. The van der Waals surface area contributed by atoms with Gasteiger partial charge >= 0.3 is 43.2 Å². The molecule has 1 rings (SSSR count). The molecule has 0 aromatic heterocycles. The normalized spacial score (nSPS) is 19.8. The minimum Gasteiger partial charge on any atom is -0.456 e. The van der Waals surface area contributed by atoms with Crippen LogP contribution in [0.3, 0.4) is 0 Å². The van der Waals surface area contributed by atoms with Gasteiger partial charge < -0.3 is 53.9 Å². The second kappa shape index (κ2) is 34.8. The van der Waals surface area contributed by atoms with Crippen molar-refractivity contribution in [3.8, 4) is 82.9 Å². The van der Waals surface area contributed by atoms with Crippen LogP contribution < -0.4 is 0 Å². The number of hydrogen-bond acceptors (Lipinski definition) is 15. The first-order chi connectivity index (χ1) is 31.5. The van der Waals surface area contributed by atoms with Crippen molar-refractivity contribution < 1.29 is 123 Å². The summed E-state index contributed by atoms with van der Waals surface area (Å²) in [5.41, 5.74) is 0. The molecule has 68 heavy (non-hydrogen) atoms. The van der Waals surface area contributed by atoms with Gasteiger partial charge in [0.2, 0.25) is 0 Å². The molecule has 22 nitrogen and oxygen atoms in total. The van der Waals surface area contributed by atoms with E-state index in [1.807, 2.05) is 5.92 Å². The molecule has 9 N–H and O–H groups in total. The van der Waals surface area contributed by atoms with Crippen LogP contribution in [0.4, 0.5) is 0 Å². The molecule has 1 aliphatic carbocycles. The Labute approximate surface area is 421 Å². The number of phosphoric acid groups is 4. The number of aliphatic hydroxyl groups is 2. The van der Waals surface area contributed by atoms with E-state index in [9.17, 15) is 72.3 Å². The SMILES string of the molecule is CC#CC#CC#CC#CC#CC#CC#CC(=O)OC[C@H](COP(=O)(O)OC1C(O)[C@@H](OP(=O)(O)O)C(OP(=O)(O)O)[C@@H](OP(=O)(O)O)[C@H]1O)OC(=O)CCCCCCCCCCCCCCC.S.[HH].[HH].[HH].[HH].[HH].[HH].[HH].[HH].[HH].[HH].[HH].[HH].[HH]. The lowest BCUT2D eigenvalue weighted by Gasteiger charge is -2.45. The Balaban J connectivity index is -0.000000267. The van der Waals surface area contributed by atoms with E-state index in [1.54, 1.807) is 6.92 Å². The fraction of sp³-hybridized carbons (Fsp3) is 0.610. The average Bonchev–Trinajstić information content (AvgIpc) is 3.22. The Bertz CT molecular complexity index is 2280. The minimum absolute atomic E-state index is 0. The Kier molecular flexibility index (Phi) is 33.0. The number of rotatable bonds is 28. The number of ether oxygens (including phenoxy) is 2. The largest absolute Gasteiger partial charge is 0.472 e. The van der Waals surface area contributed by atoms with Crippen molar-refractivity contribution in [1.82, 2.24) is 0 Å². The Morgan fingerprint density at radius 1 is 0.529 bits per heavy atom. The Morgan fingerprint density at radius 2 is 0.912 bits per heavy atom. The predicted octanol–water partition coefficient (Wildman–Crippen LogP) is 5.95. The third-order valence-corrected chi connectivity index (χ3v) is 11.1. The van der Waals surface area contributed by atoms with E-state index in [0.29, 0.717) is 12.8 Å². The molecule has 0 bridgehead atoms. The van der Waals surface area contributed by atoms with Gasteiger partial charge in [0, 0.05) is 30.9 Å². The van der Waals surface area contributed by atoms with Gasteiger partial charge in [-0.3, -0.25) is 27.4 Å². The smallest absolute Gasteiger partial charge is 0.456 e. The van der Waals surface area contributed by atoms with Gasteiger partial charge in [0.05, 0.1) is 6.61 Å². The van der Waals surface area contributed by atoms with Crippen LogP contribution in [0.5, 0.6) is 0 Å². The summed E-state index contributed by atoms with van der Waals surface area (Å²) < 4.78 is 81.1. The summed E-state index contributed by atoms with van der Waals surface area (Å²) in [5.74, 6) is 30.9. The van der Waals surface area contributed by atoms with Gasteiger partial charge in [-0.15, -0.1) is 0 Å². The zero-order chi connectivity index (χ0) is 50.4. The third kappa shape index (κ3) is 32.4. The molecule has 0 aromatic carbocycles. The van der Waals surface area contributed by atoms with E-state index in [0.717, 1.165) is 32.1 Å². The molecule has 4 unspecified atom stereocenters. The zero-order valence-corrected chi connectivity index (χ0v) is 41.6. The molecule has 0 aliphatic heterocycles. The van der Waals surface area contributed by atoms with E-state index in [2.05, 4.69) is 97.5 Å². The number of unbranched alkanes of at least 4 members (excludes halogenated alkanes) is 12. The maximum atomic E-state index is 13.2. The van der Waals surface area contributed by atoms with Gasteiger partial charge in [-0.25, -0.2) is 23.1 Å².